The number of nitrogen functional groups attached to an aromatic ring is 1. The zero-order valence-corrected chi connectivity index (χ0v) is 7.48. The minimum Gasteiger partial charge on any atom is -0.396 e. The number of pyridine rings is 1. The third-order valence-electron chi connectivity index (χ3n) is 1.15. The Morgan fingerprint density at radius 3 is 2.90 bits per heavy atom. The average molecular weight is 221 g/mol. The molecule has 0 spiro atoms. The molecule has 0 atom stereocenters. The number of nitrogens with zero attached hydrogens (tertiary/aromatic N) is 1. The van der Waals surface area contributed by atoms with E-state index in [1.165, 1.54) is 0 Å². The Morgan fingerprint density at radius 1 is 1.70 bits per heavy atom. The molecule has 0 aliphatic heterocycles. The van der Waals surface area contributed by atoms with Gasteiger partial charge < -0.3 is 5.73 Å². The molecule has 1 heterocycles. The second kappa shape index (κ2) is 3.21. The normalized spacial score (nSPS) is 9.80. The van der Waals surface area contributed by atoms with Crippen LogP contribution in [0.2, 0.25) is 5.02 Å². The van der Waals surface area contributed by atoms with Crippen LogP contribution in [0.5, 0.6) is 0 Å². The summed E-state index contributed by atoms with van der Waals surface area (Å²) in [6, 6.07) is 1.67. The molecule has 1 rings (SSSR count). The fourth-order valence-electron chi connectivity index (χ4n) is 0.596. The molecular formula is C6H6BrClN2. The van der Waals surface area contributed by atoms with Gasteiger partial charge in [-0.05, 0) is 6.07 Å². The van der Waals surface area contributed by atoms with E-state index in [0.717, 1.165) is 5.69 Å². The molecule has 0 aliphatic carbocycles. The highest BCUT2D eigenvalue weighted by Gasteiger charge is 2.00. The van der Waals surface area contributed by atoms with Crippen LogP contribution in [-0.4, -0.2) is 4.98 Å². The number of anilines is 1. The van der Waals surface area contributed by atoms with E-state index in [2.05, 4.69) is 20.9 Å². The van der Waals surface area contributed by atoms with E-state index in [9.17, 15) is 0 Å². The number of nitrogens with two attached hydrogens (primary N) is 1. The van der Waals surface area contributed by atoms with Crippen LogP contribution >= 0.6 is 27.5 Å². The van der Waals surface area contributed by atoms with Crippen molar-refractivity contribution in [3.05, 3.63) is 23.0 Å². The molecule has 0 unspecified atom stereocenters. The van der Waals surface area contributed by atoms with Crippen LogP contribution < -0.4 is 5.73 Å². The van der Waals surface area contributed by atoms with Gasteiger partial charge in [0.25, 0.3) is 0 Å². The molecule has 0 fully saturated rings. The van der Waals surface area contributed by atoms with Crippen LogP contribution in [0.25, 0.3) is 0 Å². The molecule has 0 saturated heterocycles. The second-order valence-electron chi connectivity index (χ2n) is 1.79. The van der Waals surface area contributed by atoms with Crippen molar-refractivity contribution in [1.29, 1.82) is 0 Å². The fourth-order valence-corrected chi connectivity index (χ4v) is 1.21. The molecule has 2 N–H and O–H groups in total. The van der Waals surface area contributed by atoms with E-state index in [-0.39, 0.29) is 0 Å². The molecular weight excluding hydrogens is 215 g/mol. The Labute approximate surface area is 72.5 Å². The SMILES string of the molecule is Nc1c(Cl)ccnc1CBr. The predicted molar refractivity (Wildman–Crippen MR) is 46.3 cm³/mol. The molecule has 0 amide bonds. The molecule has 0 bridgehead atoms. The Morgan fingerprint density at radius 2 is 2.40 bits per heavy atom. The van der Waals surface area contributed by atoms with Gasteiger partial charge in [0, 0.05) is 11.5 Å². The zero-order chi connectivity index (χ0) is 7.56. The smallest absolute Gasteiger partial charge is 0.0753 e. The van der Waals surface area contributed by atoms with Gasteiger partial charge in [0.05, 0.1) is 16.4 Å². The van der Waals surface area contributed by atoms with Gasteiger partial charge in [-0.25, -0.2) is 0 Å². The highest BCUT2D eigenvalue weighted by atomic mass is 79.9. The van der Waals surface area contributed by atoms with Crippen LogP contribution in [0, 0.1) is 0 Å². The minimum absolute atomic E-state index is 0.557. The number of halogens is 2. The summed E-state index contributed by atoms with van der Waals surface area (Å²) in [7, 11) is 0. The molecule has 10 heavy (non-hydrogen) atoms. The standard InChI is InChI=1S/C6H6BrClN2/c7-3-5-6(9)4(8)1-2-10-5/h1-2H,3,9H2. The summed E-state index contributed by atoms with van der Waals surface area (Å²) in [5.41, 5.74) is 6.91. The van der Waals surface area contributed by atoms with E-state index >= 15 is 0 Å². The zero-order valence-electron chi connectivity index (χ0n) is 5.14. The molecule has 4 heteroatoms. The second-order valence-corrected chi connectivity index (χ2v) is 2.75. The van der Waals surface area contributed by atoms with Crippen LogP contribution in [0.3, 0.4) is 0 Å². The van der Waals surface area contributed by atoms with Gasteiger partial charge in [-0.1, -0.05) is 27.5 Å². The Bertz CT molecular complexity index is 239. The van der Waals surface area contributed by atoms with Gasteiger partial charge in [0.15, 0.2) is 0 Å². The third-order valence-corrected chi connectivity index (χ3v) is 2.01. The Balaban J connectivity index is 3.14. The lowest BCUT2D eigenvalue weighted by Gasteiger charge is -2.00. The Kier molecular flexibility index (Phi) is 2.51. The van der Waals surface area contributed by atoms with Crippen molar-refractivity contribution in [2.24, 2.45) is 0 Å². The van der Waals surface area contributed by atoms with E-state index in [1.54, 1.807) is 12.3 Å². The molecule has 0 saturated carbocycles. The molecule has 0 aromatic carbocycles. The van der Waals surface area contributed by atoms with Crippen molar-refractivity contribution in [3.8, 4) is 0 Å². The van der Waals surface area contributed by atoms with Gasteiger partial charge >= 0.3 is 0 Å². The highest BCUT2D eigenvalue weighted by molar-refractivity contribution is 9.08. The quantitative estimate of drug-likeness (QED) is 0.739. The van der Waals surface area contributed by atoms with Crippen molar-refractivity contribution in [2.75, 3.05) is 5.73 Å². The molecule has 54 valence electrons. The number of alkyl halides is 1. The van der Waals surface area contributed by atoms with Crippen LogP contribution in [0.4, 0.5) is 5.69 Å². The van der Waals surface area contributed by atoms with Crippen molar-refractivity contribution in [1.82, 2.24) is 4.98 Å². The molecule has 0 aliphatic rings. The number of hydrogen-bond donors (Lipinski definition) is 1. The van der Waals surface area contributed by atoms with Gasteiger partial charge in [-0.2, -0.15) is 0 Å². The predicted octanol–water partition coefficient (Wildman–Crippen LogP) is 2.21. The van der Waals surface area contributed by atoms with E-state index in [4.69, 9.17) is 17.3 Å². The van der Waals surface area contributed by atoms with Gasteiger partial charge in [0.2, 0.25) is 0 Å². The lowest BCUT2D eigenvalue weighted by atomic mass is 10.3. The van der Waals surface area contributed by atoms with Crippen molar-refractivity contribution < 1.29 is 0 Å². The summed E-state index contributed by atoms with van der Waals surface area (Å²) in [5, 5.41) is 1.20. The summed E-state index contributed by atoms with van der Waals surface area (Å²) in [4.78, 5) is 4.00. The molecule has 0 radical (unpaired) electrons. The van der Waals surface area contributed by atoms with Gasteiger partial charge in [-0.15, -0.1) is 0 Å². The number of hydrogen-bond acceptors (Lipinski definition) is 2. The number of rotatable bonds is 1. The maximum Gasteiger partial charge on any atom is 0.0753 e. The van der Waals surface area contributed by atoms with E-state index in [1.807, 2.05) is 0 Å². The summed E-state index contributed by atoms with van der Waals surface area (Å²) in [6.07, 6.45) is 1.63. The lowest BCUT2D eigenvalue weighted by molar-refractivity contribution is 1.19. The summed E-state index contributed by atoms with van der Waals surface area (Å²) in [6.45, 7) is 0. The van der Waals surface area contributed by atoms with Crippen LogP contribution in [-0.2, 0) is 5.33 Å². The summed E-state index contributed by atoms with van der Waals surface area (Å²) >= 11 is 8.95. The molecule has 2 nitrogen and oxygen atoms in total. The first-order valence-electron chi connectivity index (χ1n) is 2.70. The fraction of sp³-hybridized carbons (Fsp3) is 0.167. The average Bonchev–Trinajstić information content (AvgIpc) is 1.95. The maximum absolute atomic E-state index is 5.71. The van der Waals surface area contributed by atoms with E-state index < -0.39 is 0 Å². The number of aromatic nitrogens is 1. The topological polar surface area (TPSA) is 38.9 Å². The maximum atomic E-state index is 5.71. The highest BCUT2D eigenvalue weighted by Crippen LogP contribution is 2.21. The van der Waals surface area contributed by atoms with Crippen molar-refractivity contribution in [2.45, 2.75) is 5.33 Å². The van der Waals surface area contributed by atoms with Crippen molar-refractivity contribution >= 4 is 33.2 Å². The third kappa shape index (κ3) is 1.41. The largest absolute Gasteiger partial charge is 0.396 e. The molecule has 1 aromatic rings. The van der Waals surface area contributed by atoms with Gasteiger partial charge in [-0.3, -0.25) is 4.98 Å². The first-order valence-corrected chi connectivity index (χ1v) is 4.20. The minimum atomic E-state index is 0.557. The van der Waals surface area contributed by atoms with E-state index in [0.29, 0.717) is 16.0 Å². The lowest BCUT2D eigenvalue weighted by Crippen LogP contribution is -1.94. The Hall–Kier alpha value is -0.280. The van der Waals surface area contributed by atoms with Crippen molar-refractivity contribution in [3.63, 3.8) is 0 Å². The van der Waals surface area contributed by atoms with Crippen LogP contribution in [0.1, 0.15) is 5.69 Å². The van der Waals surface area contributed by atoms with Gasteiger partial charge in [0.1, 0.15) is 0 Å². The molecule has 1 aromatic heterocycles. The summed E-state index contributed by atoms with van der Waals surface area (Å²) < 4.78 is 0. The first kappa shape index (κ1) is 7.82. The summed E-state index contributed by atoms with van der Waals surface area (Å²) in [5.74, 6) is 0. The van der Waals surface area contributed by atoms with Crippen LogP contribution in [0.15, 0.2) is 12.3 Å². The monoisotopic (exact) mass is 220 g/mol. The first-order chi connectivity index (χ1) is 4.75.